The summed E-state index contributed by atoms with van der Waals surface area (Å²) in [5, 5.41) is 0. The van der Waals surface area contributed by atoms with Gasteiger partial charge >= 0.3 is 0 Å². The first-order valence-electron chi connectivity index (χ1n) is 6.02. The van der Waals surface area contributed by atoms with E-state index in [1.165, 1.54) is 19.3 Å². The van der Waals surface area contributed by atoms with Gasteiger partial charge in [0.1, 0.15) is 0 Å². The van der Waals surface area contributed by atoms with Gasteiger partial charge in [0.2, 0.25) is 0 Å². The summed E-state index contributed by atoms with van der Waals surface area (Å²) < 4.78 is 0. The van der Waals surface area contributed by atoms with Gasteiger partial charge in [0.05, 0.1) is 0 Å². The first-order valence-corrected chi connectivity index (χ1v) is 6.02. The van der Waals surface area contributed by atoms with E-state index in [0.717, 1.165) is 19.5 Å². The van der Waals surface area contributed by atoms with Crippen molar-refractivity contribution in [2.75, 3.05) is 13.1 Å². The van der Waals surface area contributed by atoms with Gasteiger partial charge in [-0.1, -0.05) is 6.08 Å². The van der Waals surface area contributed by atoms with E-state index < -0.39 is 0 Å². The minimum absolute atomic E-state index is 0.144. The van der Waals surface area contributed by atoms with Gasteiger partial charge < -0.3 is 5.73 Å². The number of hydrogen-bond donors (Lipinski definition) is 1. The van der Waals surface area contributed by atoms with E-state index in [0.29, 0.717) is 0 Å². The lowest BCUT2D eigenvalue weighted by molar-refractivity contribution is 0.120. The SMILES string of the molecule is C=CCN(CCC1(N)CCC1)C(C)(C)C. The van der Waals surface area contributed by atoms with Crippen LogP contribution in [0.15, 0.2) is 12.7 Å². The Morgan fingerprint density at radius 1 is 1.40 bits per heavy atom. The van der Waals surface area contributed by atoms with Crippen LogP contribution in [0.1, 0.15) is 46.5 Å². The standard InChI is InChI=1S/C13H26N2/c1-5-10-15(12(2,3)4)11-9-13(14)7-6-8-13/h5H,1,6-11,14H2,2-4H3. The van der Waals surface area contributed by atoms with E-state index in [9.17, 15) is 0 Å². The van der Waals surface area contributed by atoms with Crippen LogP contribution in [-0.4, -0.2) is 29.1 Å². The average molecular weight is 210 g/mol. The first-order chi connectivity index (χ1) is 6.87. The largest absolute Gasteiger partial charge is 0.325 e. The molecule has 88 valence electrons. The summed E-state index contributed by atoms with van der Waals surface area (Å²) in [6.07, 6.45) is 6.83. The molecule has 0 radical (unpaired) electrons. The highest BCUT2D eigenvalue weighted by molar-refractivity contribution is 4.94. The lowest BCUT2D eigenvalue weighted by Crippen LogP contribution is -2.51. The maximum Gasteiger partial charge on any atom is 0.0166 e. The second-order valence-corrected chi connectivity index (χ2v) is 5.87. The van der Waals surface area contributed by atoms with Crippen molar-refractivity contribution < 1.29 is 0 Å². The van der Waals surface area contributed by atoms with Crippen LogP contribution in [0.5, 0.6) is 0 Å². The Hall–Kier alpha value is -0.340. The Kier molecular flexibility index (Phi) is 3.96. The number of rotatable bonds is 5. The van der Waals surface area contributed by atoms with Crippen LogP contribution >= 0.6 is 0 Å². The number of hydrogen-bond acceptors (Lipinski definition) is 2. The predicted molar refractivity (Wildman–Crippen MR) is 66.9 cm³/mol. The van der Waals surface area contributed by atoms with Crippen molar-refractivity contribution >= 4 is 0 Å². The summed E-state index contributed by atoms with van der Waals surface area (Å²) >= 11 is 0. The monoisotopic (exact) mass is 210 g/mol. The summed E-state index contributed by atoms with van der Waals surface area (Å²) in [6, 6.07) is 0. The van der Waals surface area contributed by atoms with Crippen LogP contribution in [0.25, 0.3) is 0 Å². The van der Waals surface area contributed by atoms with Crippen LogP contribution < -0.4 is 5.73 Å². The molecule has 0 amide bonds. The summed E-state index contributed by atoms with van der Waals surface area (Å²) in [6.45, 7) is 12.6. The third-order valence-electron chi connectivity index (χ3n) is 3.53. The zero-order valence-electron chi connectivity index (χ0n) is 10.6. The fourth-order valence-electron chi connectivity index (χ4n) is 2.09. The molecule has 2 nitrogen and oxygen atoms in total. The molecule has 0 spiro atoms. The minimum Gasteiger partial charge on any atom is -0.325 e. The molecule has 2 heteroatoms. The normalized spacial score (nSPS) is 20.1. The number of nitrogens with two attached hydrogens (primary N) is 1. The van der Waals surface area contributed by atoms with Gasteiger partial charge in [-0.25, -0.2) is 0 Å². The Morgan fingerprint density at radius 2 is 2.00 bits per heavy atom. The topological polar surface area (TPSA) is 29.3 Å². The molecule has 1 fully saturated rings. The van der Waals surface area contributed by atoms with Crippen LogP contribution in [0, 0.1) is 0 Å². The van der Waals surface area contributed by atoms with Gasteiger partial charge in [0, 0.05) is 24.2 Å². The second-order valence-electron chi connectivity index (χ2n) is 5.87. The highest BCUT2D eigenvalue weighted by atomic mass is 15.2. The molecule has 1 saturated carbocycles. The summed E-state index contributed by atoms with van der Waals surface area (Å²) in [5.41, 5.74) is 6.60. The molecule has 15 heavy (non-hydrogen) atoms. The van der Waals surface area contributed by atoms with E-state index in [2.05, 4.69) is 32.3 Å². The van der Waals surface area contributed by atoms with Crippen molar-refractivity contribution in [3.8, 4) is 0 Å². The van der Waals surface area contributed by atoms with Crippen molar-refractivity contribution in [3.05, 3.63) is 12.7 Å². The van der Waals surface area contributed by atoms with Crippen LogP contribution in [0.4, 0.5) is 0 Å². The lowest BCUT2D eigenvalue weighted by atomic mass is 9.75. The van der Waals surface area contributed by atoms with Crippen molar-refractivity contribution in [1.29, 1.82) is 0 Å². The van der Waals surface area contributed by atoms with Gasteiger partial charge in [-0.3, -0.25) is 4.90 Å². The number of nitrogens with zero attached hydrogens (tertiary/aromatic N) is 1. The molecule has 0 aliphatic heterocycles. The van der Waals surface area contributed by atoms with Crippen molar-refractivity contribution in [2.24, 2.45) is 5.73 Å². The molecule has 0 unspecified atom stereocenters. The van der Waals surface area contributed by atoms with Gasteiger partial charge in [-0.2, -0.15) is 0 Å². The Bertz CT molecular complexity index is 211. The molecule has 0 heterocycles. The van der Waals surface area contributed by atoms with Crippen LogP contribution in [0.3, 0.4) is 0 Å². The van der Waals surface area contributed by atoms with Gasteiger partial charge in [0.15, 0.2) is 0 Å². The Labute approximate surface area is 94.5 Å². The van der Waals surface area contributed by atoms with Crippen molar-refractivity contribution in [2.45, 2.75) is 57.5 Å². The van der Waals surface area contributed by atoms with E-state index in [4.69, 9.17) is 5.73 Å². The minimum atomic E-state index is 0.144. The fraction of sp³-hybridized carbons (Fsp3) is 0.846. The highest BCUT2D eigenvalue weighted by Crippen LogP contribution is 2.32. The van der Waals surface area contributed by atoms with E-state index >= 15 is 0 Å². The molecule has 0 saturated heterocycles. The maximum atomic E-state index is 6.24. The molecule has 2 N–H and O–H groups in total. The summed E-state index contributed by atoms with van der Waals surface area (Å²) in [7, 11) is 0. The Morgan fingerprint density at radius 3 is 2.33 bits per heavy atom. The van der Waals surface area contributed by atoms with Gasteiger partial charge in [-0.15, -0.1) is 6.58 Å². The third kappa shape index (κ3) is 3.62. The van der Waals surface area contributed by atoms with Gasteiger partial charge in [-0.05, 0) is 46.5 Å². The first kappa shape index (κ1) is 12.7. The maximum absolute atomic E-state index is 6.24. The van der Waals surface area contributed by atoms with Crippen molar-refractivity contribution in [3.63, 3.8) is 0 Å². The molecule has 0 atom stereocenters. The third-order valence-corrected chi connectivity index (χ3v) is 3.53. The fourth-order valence-corrected chi connectivity index (χ4v) is 2.09. The Balaban J connectivity index is 2.41. The van der Waals surface area contributed by atoms with Gasteiger partial charge in [0.25, 0.3) is 0 Å². The molecule has 0 aromatic heterocycles. The molecule has 1 aliphatic rings. The van der Waals surface area contributed by atoms with E-state index in [1.807, 2.05) is 6.08 Å². The smallest absolute Gasteiger partial charge is 0.0166 e. The average Bonchev–Trinajstić information content (AvgIpc) is 2.07. The molecule has 1 rings (SSSR count). The van der Waals surface area contributed by atoms with Crippen molar-refractivity contribution in [1.82, 2.24) is 4.90 Å². The summed E-state index contributed by atoms with van der Waals surface area (Å²) in [4.78, 5) is 2.45. The summed E-state index contributed by atoms with van der Waals surface area (Å²) in [5.74, 6) is 0. The van der Waals surface area contributed by atoms with E-state index in [-0.39, 0.29) is 11.1 Å². The molecule has 1 aliphatic carbocycles. The molecule has 0 aromatic rings. The molecular formula is C13H26N2. The zero-order valence-corrected chi connectivity index (χ0v) is 10.6. The van der Waals surface area contributed by atoms with Crippen LogP contribution in [0.2, 0.25) is 0 Å². The second kappa shape index (κ2) is 4.67. The quantitative estimate of drug-likeness (QED) is 0.707. The van der Waals surface area contributed by atoms with Crippen LogP contribution in [-0.2, 0) is 0 Å². The highest BCUT2D eigenvalue weighted by Gasteiger charge is 2.33. The zero-order chi connectivity index (χ0) is 11.5. The molecule has 0 aromatic carbocycles. The lowest BCUT2D eigenvalue weighted by Gasteiger charge is -2.42. The van der Waals surface area contributed by atoms with E-state index in [1.54, 1.807) is 0 Å². The predicted octanol–water partition coefficient (Wildman–Crippen LogP) is 2.54. The molecule has 0 bridgehead atoms. The molecular weight excluding hydrogens is 184 g/mol.